The highest BCUT2D eigenvalue weighted by atomic mass is 35.5. The Labute approximate surface area is 162 Å². The molecular weight excluding hydrogens is 393 g/mol. The fraction of sp³-hybridized carbons (Fsp3) is 0.0556. The van der Waals surface area contributed by atoms with E-state index in [1.807, 2.05) is 29.6 Å². The van der Waals surface area contributed by atoms with Crippen molar-refractivity contribution < 1.29 is 8.81 Å². The Morgan fingerprint density at radius 2 is 1.88 bits per heavy atom. The number of hydrogen-bond acceptors (Lipinski definition) is 6. The zero-order valence-corrected chi connectivity index (χ0v) is 15.6. The molecule has 4 aromatic rings. The summed E-state index contributed by atoms with van der Waals surface area (Å²) in [4.78, 5) is 4.61. The summed E-state index contributed by atoms with van der Waals surface area (Å²) in [6, 6.07) is 13.9. The van der Waals surface area contributed by atoms with E-state index in [-0.39, 0.29) is 11.7 Å². The molecule has 0 saturated heterocycles. The first-order valence-corrected chi connectivity index (χ1v) is 9.85. The topological polar surface area (TPSA) is 51.8 Å². The van der Waals surface area contributed by atoms with E-state index in [2.05, 4.69) is 15.2 Å². The van der Waals surface area contributed by atoms with Crippen LogP contribution >= 0.6 is 34.7 Å². The van der Waals surface area contributed by atoms with Crippen LogP contribution < -0.4 is 0 Å². The summed E-state index contributed by atoms with van der Waals surface area (Å²) in [5.74, 6) is 0.369. The van der Waals surface area contributed by atoms with Crippen LogP contribution in [0.15, 0.2) is 63.6 Å². The predicted molar refractivity (Wildman–Crippen MR) is 102 cm³/mol. The highest BCUT2D eigenvalue weighted by molar-refractivity contribution is 7.98. The third kappa shape index (κ3) is 3.80. The molecule has 4 rings (SSSR count). The summed E-state index contributed by atoms with van der Waals surface area (Å²) >= 11 is 8.84. The average molecular weight is 404 g/mol. The quantitative estimate of drug-likeness (QED) is 0.385. The largest absolute Gasteiger partial charge is 0.411 e. The fourth-order valence-electron chi connectivity index (χ4n) is 2.25. The monoisotopic (exact) mass is 403 g/mol. The SMILES string of the molecule is Fc1ccccc1-c1nnc(SCc2csc(-c3ccc(Cl)cc3)n2)o1. The van der Waals surface area contributed by atoms with Crippen molar-refractivity contribution in [3.05, 3.63) is 70.4 Å². The van der Waals surface area contributed by atoms with E-state index in [0.29, 0.717) is 21.6 Å². The van der Waals surface area contributed by atoms with Gasteiger partial charge >= 0.3 is 0 Å². The lowest BCUT2D eigenvalue weighted by Gasteiger charge is -1.96. The van der Waals surface area contributed by atoms with Crippen LogP contribution in [0, 0.1) is 5.82 Å². The highest BCUT2D eigenvalue weighted by Gasteiger charge is 2.13. The molecule has 0 aliphatic rings. The Balaban J connectivity index is 1.44. The molecule has 2 aromatic carbocycles. The maximum atomic E-state index is 13.8. The van der Waals surface area contributed by atoms with Gasteiger partial charge in [0.25, 0.3) is 11.1 Å². The maximum absolute atomic E-state index is 13.8. The van der Waals surface area contributed by atoms with Crippen molar-refractivity contribution >= 4 is 34.7 Å². The molecule has 0 amide bonds. The Morgan fingerprint density at radius 1 is 1.08 bits per heavy atom. The minimum atomic E-state index is -0.389. The molecule has 0 atom stereocenters. The summed E-state index contributed by atoms with van der Waals surface area (Å²) in [7, 11) is 0. The van der Waals surface area contributed by atoms with Crippen LogP contribution in [0.2, 0.25) is 5.02 Å². The maximum Gasteiger partial charge on any atom is 0.277 e. The third-order valence-electron chi connectivity index (χ3n) is 3.50. The van der Waals surface area contributed by atoms with Gasteiger partial charge in [0, 0.05) is 21.7 Å². The first kappa shape index (κ1) is 17.2. The van der Waals surface area contributed by atoms with Crippen molar-refractivity contribution in [2.75, 3.05) is 0 Å². The lowest BCUT2D eigenvalue weighted by molar-refractivity contribution is 0.462. The Bertz CT molecular complexity index is 1030. The van der Waals surface area contributed by atoms with E-state index in [1.165, 1.54) is 17.8 Å². The van der Waals surface area contributed by atoms with Crippen molar-refractivity contribution in [2.24, 2.45) is 0 Å². The molecule has 2 heterocycles. The number of benzene rings is 2. The molecule has 0 aliphatic heterocycles. The molecule has 0 aliphatic carbocycles. The van der Waals surface area contributed by atoms with Gasteiger partial charge in [-0.25, -0.2) is 9.37 Å². The van der Waals surface area contributed by atoms with Crippen LogP contribution in [0.5, 0.6) is 0 Å². The van der Waals surface area contributed by atoms with E-state index >= 15 is 0 Å². The van der Waals surface area contributed by atoms with Gasteiger partial charge in [0.2, 0.25) is 0 Å². The summed E-state index contributed by atoms with van der Waals surface area (Å²) in [5, 5.41) is 11.9. The molecule has 0 radical (unpaired) electrons. The van der Waals surface area contributed by atoms with Gasteiger partial charge in [0.05, 0.1) is 11.3 Å². The van der Waals surface area contributed by atoms with Crippen molar-refractivity contribution in [3.63, 3.8) is 0 Å². The fourth-order valence-corrected chi connectivity index (χ4v) is 3.96. The van der Waals surface area contributed by atoms with Crippen LogP contribution in [0.1, 0.15) is 5.69 Å². The molecule has 0 N–H and O–H groups in total. The first-order valence-electron chi connectivity index (χ1n) is 7.60. The van der Waals surface area contributed by atoms with Crippen molar-refractivity contribution in [1.29, 1.82) is 0 Å². The second-order valence-corrected chi connectivity index (χ2v) is 7.51. The van der Waals surface area contributed by atoms with Gasteiger partial charge in [-0.3, -0.25) is 0 Å². The molecule has 26 heavy (non-hydrogen) atoms. The predicted octanol–water partition coefficient (Wildman–Crippen LogP) is 5.94. The average Bonchev–Trinajstić information content (AvgIpc) is 3.30. The Morgan fingerprint density at radius 3 is 2.69 bits per heavy atom. The smallest absolute Gasteiger partial charge is 0.277 e. The number of nitrogens with zero attached hydrogens (tertiary/aromatic N) is 3. The van der Waals surface area contributed by atoms with E-state index in [1.54, 1.807) is 29.5 Å². The number of thiazole rings is 1. The standard InChI is InChI=1S/C18H11ClFN3OS2/c19-12-7-5-11(6-8-12)17-21-13(9-25-17)10-26-18-23-22-16(24-18)14-3-1-2-4-15(14)20/h1-9H,10H2. The van der Waals surface area contributed by atoms with Gasteiger partial charge in [0.15, 0.2) is 0 Å². The van der Waals surface area contributed by atoms with Gasteiger partial charge in [-0.15, -0.1) is 21.5 Å². The van der Waals surface area contributed by atoms with Gasteiger partial charge in [-0.2, -0.15) is 0 Å². The first-order chi connectivity index (χ1) is 12.7. The lowest BCUT2D eigenvalue weighted by atomic mass is 10.2. The second kappa shape index (κ2) is 7.57. The Hall–Kier alpha value is -2.22. The molecule has 0 fully saturated rings. The number of hydrogen-bond donors (Lipinski definition) is 0. The van der Waals surface area contributed by atoms with Gasteiger partial charge in [-0.1, -0.05) is 47.6 Å². The molecule has 8 heteroatoms. The van der Waals surface area contributed by atoms with Crippen LogP contribution in [0.4, 0.5) is 4.39 Å². The second-order valence-electron chi connectivity index (χ2n) is 5.29. The molecule has 0 unspecified atom stereocenters. The van der Waals surface area contributed by atoms with Crippen LogP contribution in [0.25, 0.3) is 22.0 Å². The van der Waals surface area contributed by atoms with E-state index in [0.717, 1.165) is 16.3 Å². The minimum absolute atomic E-state index is 0.172. The number of aromatic nitrogens is 3. The number of halogens is 2. The molecule has 0 saturated carbocycles. The molecular formula is C18H11ClFN3OS2. The molecule has 2 aromatic heterocycles. The Kier molecular flexibility index (Phi) is 5.01. The summed E-state index contributed by atoms with van der Waals surface area (Å²) in [5.41, 5.74) is 2.23. The molecule has 0 bridgehead atoms. The normalized spacial score (nSPS) is 11.0. The van der Waals surface area contributed by atoms with Crippen LogP contribution in [-0.2, 0) is 5.75 Å². The zero-order valence-electron chi connectivity index (χ0n) is 13.2. The summed E-state index contributed by atoms with van der Waals surface area (Å²) in [6.45, 7) is 0. The van der Waals surface area contributed by atoms with Gasteiger partial charge < -0.3 is 4.42 Å². The van der Waals surface area contributed by atoms with Gasteiger partial charge in [-0.05, 0) is 24.3 Å². The molecule has 130 valence electrons. The number of thioether (sulfide) groups is 1. The van der Waals surface area contributed by atoms with E-state index in [4.69, 9.17) is 16.0 Å². The van der Waals surface area contributed by atoms with Crippen LogP contribution in [-0.4, -0.2) is 15.2 Å². The number of rotatable bonds is 5. The molecule has 0 spiro atoms. The van der Waals surface area contributed by atoms with Crippen molar-refractivity contribution in [2.45, 2.75) is 11.0 Å². The third-order valence-corrected chi connectivity index (χ3v) is 5.54. The zero-order chi connectivity index (χ0) is 17.9. The summed E-state index contributed by atoms with van der Waals surface area (Å²) < 4.78 is 19.3. The van der Waals surface area contributed by atoms with E-state index < -0.39 is 0 Å². The van der Waals surface area contributed by atoms with E-state index in [9.17, 15) is 4.39 Å². The minimum Gasteiger partial charge on any atom is -0.411 e. The highest BCUT2D eigenvalue weighted by Crippen LogP contribution is 2.30. The summed E-state index contributed by atoms with van der Waals surface area (Å²) in [6.07, 6.45) is 0. The lowest BCUT2D eigenvalue weighted by Crippen LogP contribution is -1.82. The van der Waals surface area contributed by atoms with Gasteiger partial charge in [0.1, 0.15) is 10.8 Å². The van der Waals surface area contributed by atoms with Crippen molar-refractivity contribution in [3.8, 4) is 22.0 Å². The van der Waals surface area contributed by atoms with Crippen LogP contribution in [0.3, 0.4) is 0 Å². The van der Waals surface area contributed by atoms with Crippen molar-refractivity contribution in [1.82, 2.24) is 15.2 Å². The molecule has 4 nitrogen and oxygen atoms in total.